The second kappa shape index (κ2) is 5.88. The van der Waals surface area contributed by atoms with Crippen molar-refractivity contribution in [1.29, 1.82) is 0 Å². The van der Waals surface area contributed by atoms with Crippen molar-refractivity contribution in [2.24, 2.45) is 0 Å². The Kier molecular flexibility index (Phi) is 5.94. The third kappa shape index (κ3) is 2.81. The zero-order chi connectivity index (χ0) is 11.4. The molecular formula is C11H25O2Si. The predicted octanol–water partition coefficient (Wildman–Crippen LogP) is 3.61. The molecule has 0 N–H and O–H groups in total. The van der Waals surface area contributed by atoms with E-state index in [0.29, 0.717) is 23.2 Å². The topological polar surface area (TPSA) is 29.1 Å². The maximum atomic E-state index is 10.5. The number of rotatable bonds is 6. The summed E-state index contributed by atoms with van der Waals surface area (Å²) in [6, 6.07) is 0. The fraction of sp³-hybridized carbons (Fsp3) is 1.00. The van der Waals surface area contributed by atoms with Crippen LogP contribution in [0.2, 0.25) is 16.6 Å². The highest BCUT2D eigenvalue weighted by molar-refractivity contribution is 6.77. The van der Waals surface area contributed by atoms with Crippen LogP contribution in [-0.2, 0) is 9.53 Å². The van der Waals surface area contributed by atoms with Crippen molar-refractivity contribution in [1.82, 2.24) is 0 Å². The number of hydrogen-bond acceptors (Lipinski definition) is 1. The maximum Gasteiger partial charge on any atom is 0.200 e. The van der Waals surface area contributed by atoms with Gasteiger partial charge in [-0.1, -0.05) is 41.5 Å². The first-order valence-corrected chi connectivity index (χ1v) is 7.75. The van der Waals surface area contributed by atoms with Crippen LogP contribution in [0.3, 0.4) is 0 Å². The van der Waals surface area contributed by atoms with Gasteiger partial charge in [-0.05, 0) is 16.6 Å². The molecule has 0 saturated carbocycles. The van der Waals surface area contributed by atoms with Crippen molar-refractivity contribution in [3.63, 3.8) is 0 Å². The molecule has 0 aromatic carbocycles. The molecule has 0 spiro atoms. The van der Waals surface area contributed by atoms with Gasteiger partial charge >= 0.3 is 0 Å². The van der Waals surface area contributed by atoms with Gasteiger partial charge in [0.15, 0.2) is 8.32 Å². The van der Waals surface area contributed by atoms with E-state index in [2.05, 4.69) is 41.5 Å². The molecule has 85 valence electrons. The summed E-state index contributed by atoms with van der Waals surface area (Å²) < 4.78 is 5.99. The maximum absolute atomic E-state index is 10.5. The second-order valence-corrected chi connectivity index (χ2v) is 10.3. The number of hydrogen-bond donors (Lipinski definition) is 0. The minimum absolute atomic E-state index is 0.110. The molecule has 0 aliphatic rings. The Morgan fingerprint density at radius 2 is 1.29 bits per heavy atom. The Balaban J connectivity index is 4.76. The van der Waals surface area contributed by atoms with E-state index < -0.39 is 8.32 Å². The largest absolute Gasteiger partial charge is 0.414 e. The molecule has 0 amide bonds. The molecule has 3 heteroatoms. The first-order valence-electron chi connectivity index (χ1n) is 5.61. The second-order valence-electron chi connectivity index (χ2n) is 4.87. The summed E-state index contributed by atoms with van der Waals surface area (Å²) in [6.45, 7) is 13.7. The van der Waals surface area contributed by atoms with E-state index in [1.54, 1.807) is 0 Å². The highest BCUT2D eigenvalue weighted by atomic mass is 28.4. The van der Waals surface area contributed by atoms with Gasteiger partial charge in [0, 0.05) is 0 Å². The van der Waals surface area contributed by atoms with Gasteiger partial charge in [-0.3, -0.25) is 0 Å². The van der Waals surface area contributed by atoms with E-state index in [1.165, 1.54) is 0 Å². The van der Waals surface area contributed by atoms with Crippen LogP contribution in [0.1, 0.15) is 41.5 Å². The van der Waals surface area contributed by atoms with Gasteiger partial charge < -0.3 is 4.43 Å². The zero-order valence-electron chi connectivity index (χ0n) is 10.5. The molecule has 14 heavy (non-hydrogen) atoms. The van der Waals surface area contributed by atoms with Crippen LogP contribution in [0.25, 0.3) is 0 Å². The van der Waals surface area contributed by atoms with Gasteiger partial charge in [0.25, 0.3) is 0 Å². The molecule has 2 nitrogen and oxygen atoms in total. The molecule has 0 aliphatic heterocycles. The van der Waals surface area contributed by atoms with E-state index in [-0.39, 0.29) is 6.61 Å². The van der Waals surface area contributed by atoms with Crippen molar-refractivity contribution < 1.29 is 9.53 Å². The minimum Gasteiger partial charge on any atom is -0.414 e. The van der Waals surface area contributed by atoms with Crippen LogP contribution >= 0.6 is 0 Å². The van der Waals surface area contributed by atoms with Gasteiger partial charge in [-0.2, -0.15) is 0 Å². The van der Waals surface area contributed by atoms with Crippen LogP contribution in [0.4, 0.5) is 0 Å². The van der Waals surface area contributed by atoms with Crippen molar-refractivity contribution in [2.75, 3.05) is 13.2 Å². The fourth-order valence-electron chi connectivity index (χ4n) is 2.72. The first kappa shape index (κ1) is 14.1. The van der Waals surface area contributed by atoms with E-state index in [1.807, 2.05) is 0 Å². The van der Waals surface area contributed by atoms with Crippen molar-refractivity contribution in [3.8, 4) is 0 Å². The van der Waals surface area contributed by atoms with Gasteiger partial charge in [0.2, 0.25) is 0 Å². The molecule has 0 bridgehead atoms. The Hall–Kier alpha value is 0.137. The van der Waals surface area contributed by atoms with E-state index >= 15 is 0 Å². The van der Waals surface area contributed by atoms with Crippen LogP contribution in [-0.4, -0.2) is 21.5 Å². The summed E-state index contributed by atoms with van der Waals surface area (Å²) >= 11 is 0. The molecule has 0 fully saturated rings. The van der Waals surface area contributed by atoms with E-state index in [0.717, 1.165) is 0 Å². The van der Waals surface area contributed by atoms with Crippen LogP contribution < -0.4 is 0 Å². The van der Waals surface area contributed by atoms with Crippen molar-refractivity contribution in [2.45, 2.75) is 58.2 Å². The SMILES string of the molecule is CC(C)[Si](OCC[O])(C(C)C)C(C)C. The van der Waals surface area contributed by atoms with E-state index in [4.69, 9.17) is 4.43 Å². The third-order valence-electron chi connectivity index (χ3n) is 3.14. The Morgan fingerprint density at radius 1 is 0.929 bits per heavy atom. The lowest BCUT2D eigenvalue weighted by Crippen LogP contribution is -2.48. The van der Waals surface area contributed by atoms with Crippen molar-refractivity contribution in [3.05, 3.63) is 0 Å². The Bertz CT molecular complexity index is 134. The van der Waals surface area contributed by atoms with E-state index in [9.17, 15) is 5.11 Å². The summed E-state index contributed by atoms with van der Waals surface area (Å²) in [5.74, 6) is 0. The van der Waals surface area contributed by atoms with Crippen LogP contribution in [0.15, 0.2) is 0 Å². The Morgan fingerprint density at radius 3 is 1.50 bits per heavy atom. The average molecular weight is 217 g/mol. The zero-order valence-corrected chi connectivity index (χ0v) is 11.5. The highest BCUT2D eigenvalue weighted by Crippen LogP contribution is 2.41. The highest BCUT2D eigenvalue weighted by Gasteiger charge is 2.44. The van der Waals surface area contributed by atoms with Gasteiger partial charge in [-0.15, -0.1) is 0 Å². The third-order valence-corrected chi connectivity index (χ3v) is 9.26. The van der Waals surface area contributed by atoms with Crippen LogP contribution in [0, 0.1) is 0 Å². The molecular weight excluding hydrogens is 192 g/mol. The molecule has 0 aromatic heterocycles. The molecule has 0 rings (SSSR count). The Labute approximate surface area is 89.8 Å². The predicted molar refractivity (Wildman–Crippen MR) is 62.6 cm³/mol. The standard InChI is InChI=1S/C11H25O2Si/c1-9(2)14(10(3)4,11(5)6)13-8-7-12/h9-11H,7-8H2,1-6H3. The molecule has 0 heterocycles. The fourth-order valence-corrected chi connectivity index (χ4v) is 8.16. The molecule has 1 radical (unpaired) electrons. The lowest BCUT2D eigenvalue weighted by molar-refractivity contribution is 0.128. The van der Waals surface area contributed by atoms with Gasteiger partial charge in [0.1, 0.15) is 6.61 Å². The normalized spacial score (nSPS) is 13.3. The van der Waals surface area contributed by atoms with Crippen molar-refractivity contribution >= 4 is 8.32 Å². The lowest BCUT2D eigenvalue weighted by atomic mass is 10.5. The smallest absolute Gasteiger partial charge is 0.200 e. The van der Waals surface area contributed by atoms with Gasteiger partial charge in [0.05, 0.1) is 6.61 Å². The lowest BCUT2D eigenvalue weighted by Gasteiger charge is -2.41. The molecule has 0 saturated heterocycles. The molecule has 0 aliphatic carbocycles. The quantitative estimate of drug-likeness (QED) is 0.625. The monoisotopic (exact) mass is 217 g/mol. The van der Waals surface area contributed by atoms with Crippen LogP contribution in [0.5, 0.6) is 0 Å². The molecule has 0 aromatic rings. The van der Waals surface area contributed by atoms with Gasteiger partial charge in [-0.25, -0.2) is 5.11 Å². The molecule has 0 unspecified atom stereocenters. The summed E-state index contributed by atoms with van der Waals surface area (Å²) in [4.78, 5) is 0. The average Bonchev–Trinajstić information content (AvgIpc) is 2.03. The first-order chi connectivity index (χ1) is 6.39. The minimum atomic E-state index is -1.75. The summed E-state index contributed by atoms with van der Waals surface area (Å²) in [5.41, 5.74) is 1.73. The summed E-state index contributed by atoms with van der Waals surface area (Å²) in [6.07, 6.45) is 0. The summed E-state index contributed by atoms with van der Waals surface area (Å²) in [7, 11) is -1.75. The molecule has 0 atom stereocenters. The summed E-state index contributed by atoms with van der Waals surface area (Å²) in [5, 5.41) is 10.5.